The van der Waals surface area contributed by atoms with Crippen LogP contribution >= 0.6 is 15.9 Å². The van der Waals surface area contributed by atoms with Crippen LogP contribution in [0.4, 0.5) is 0 Å². The average molecular weight is 347 g/mol. The second-order valence-electron chi connectivity index (χ2n) is 5.05. The maximum absolute atomic E-state index is 12.2. The van der Waals surface area contributed by atoms with Crippen molar-refractivity contribution in [2.75, 3.05) is 12.9 Å². The van der Waals surface area contributed by atoms with Crippen LogP contribution in [0.5, 0.6) is 5.75 Å². The van der Waals surface area contributed by atoms with Gasteiger partial charge in [0.25, 0.3) is 0 Å². The summed E-state index contributed by atoms with van der Waals surface area (Å²) in [5.74, 6) is 1.04. The van der Waals surface area contributed by atoms with Crippen LogP contribution in [0.1, 0.15) is 35.2 Å². The van der Waals surface area contributed by atoms with E-state index in [1.165, 1.54) is 0 Å². The van der Waals surface area contributed by atoms with Crippen molar-refractivity contribution in [1.29, 1.82) is 0 Å². The van der Waals surface area contributed by atoms with Crippen LogP contribution in [-0.2, 0) is 9.84 Å². The van der Waals surface area contributed by atoms with E-state index < -0.39 is 9.84 Å². The molecule has 2 rings (SSSR count). The third kappa shape index (κ3) is 3.14. The van der Waals surface area contributed by atoms with Crippen LogP contribution in [0, 0.1) is 6.92 Å². The van der Waals surface area contributed by atoms with Crippen molar-refractivity contribution in [1.82, 2.24) is 0 Å². The van der Waals surface area contributed by atoms with E-state index in [9.17, 15) is 8.42 Å². The number of halogens is 1. The fourth-order valence-electron chi connectivity index (χ4n) is 2.58. The molecule has 3 nitrogen and oxygen atoms in total. The smallest absolute Gasteiger partial charge is 0.154 e. The van der Waals surface area contributed by atoms with Crippen molar-refractivity contribution < 1.29 is 13.2 Å². The first-order valence-electron chi connectivity index (χ1n) is 6.46. The lowest BCUT2D eigenvalue weighted by molar-refractivity contribution is 0.408. The molecule has 0 amide bonds. The molecule has 1 aromatic carbocycles. The Balaban J connectivity index is 2.38. The monoisotopic (exact) mass is 346 g/mol. The fraction of sp³-hybridized carbons (Fsp3) is 0.571. The SMILES string of the molecule is COc1ccc(C)cc1C(Br)C1CCCCS1(=O)=O. The Morgan fingerprint density at radius 3 is 2.74 bits per heavy atom. The normalized spacial score (nSPS) is 23.8. The lowest BCUT2D eigenvalue weighted by Gasteiger charge is -2.27. The molecule has 1 heterocycles. The number of ether oxygens (including phenoxy) is 1. The molecule has 1 aliphatic rings. The van der Waals surface area contributed by atoms with Crippen LogP contribution in [0.15, 0.2) is 18.2 Å². The van der Waals surface area contributed by atoms with Gasteiger partial charge in [0.1, 0.15) is 5.75 Å². The van der Waals surface area contributed by atoms with Gasteiger partial charge in [-0.25, -0.2) is 8.42 Å². The molecule has 0 aromatic heterocycles. The third-order valence-corrected chi connectivity index (χ3v) is 7.41. The third-order valence-electron chi connectivity index (χ3n) is 3.64. The summed E-state index contributed by atoms with van der Waals surface area (Å²) in [7, 11) is -1.40. The number of hydrogen-bond acceptors (Lipinski definition) is 3. The molecule has 1 saturated heterocycles. The molecule has 0 radical (unpaired) electrons. The molecule has 2 atom stereocenters. The highest BCUT2D eigenvalue weighted by atomic mass is 79.9. The van der Waals surface area contributed by atoms with Crippen LogP contribution in [0.2, 0.25) is 0 Å². The highest BCUT2D eigenvalue weighted by molar-refractivity contribution is 9.09. The molecule has 2 unspecified atom stereocenters. The number of benzene rings is 1. The van der Waals surface area contributed by atoms with Gasteiger partial charge in [-0.1, -0.05) is 40.0 Å². The molecule has 1 fully saturated rings. The van der Waals surface area contributed by atoms with Crippen LogP contribution in [0.25, 0.3) is 0 Å². The quantitative estimate of drug-likeness (QED) is 0.787. The van der Waals surface area contributed by atoms with Crippen molar-refractivity contribution in [3.05, 3.63) is 29.3 Å². The van der Waals surface area contributed by atoms with Gasteiger partial charge in [-0.2, -0.15) is 0 Å². The topological polar surface area (TPSA) is 43.4 Å². The lowest BCUT2D eigenvalue weighted by atomic mass is 10.0. The van der Waals surface area contributed by atoms with Gasteiger partial charge in [0.15, 0.2) is 9.84 Å². The Kier molecular flexibility index (Phi) is 4.56. The van der Waals surface area contributed by atoms with Gasteiger partial charge in [-0.3, -0.25) is 0 Å². The molecular weight excluding hydrogens is 328 g/mol. The molecule has 19 heavy (non-hydrogen) atoms. The summed E-state index contributed by atoms with van der Waals surface area (Å²) in [6, 6.07) is 5.87. The zero-order valence-electron chi connectivity index (χ0n) is 11.2. The summed E-state index contributed by atoms with van der Waals surface area (Å²) >= 11 is 3.59. The molecule has 0 N–H and O–H groups in total. The van der Waals surface area contributed by atoms with E-state index in [0.29, 0.717) is 5.75 Å². The molecular formula is C14H19BrO3S. The van der Waals surface area contributed by atoms with Crippen LogP contribution < -0.4 is 4.74 Å². The Labute approximate surface area is 123 Å². The molecule has 0 aliphatic carbocycles. The maximum Gasteiger partial charge on any atom is 0.154 e. The van der Waals surface area contributed by atoms with Crippen molar-refractivity contribution in [3.63, 3.8) is 0 Å². The van der Waals surface area contributed by atoms with E-state index >= 15 is 0 Å². The second kappa shape index (κ2) is 5.83. The van der Waals surface area contributed by atoms with E-state index in [1.807, 2.05) is 25.1 Å². The van der Waals surface area contributed by atoms with Gasteiger partial charge in [0.2, 0.25) is 0 Å². The minimum absolute atomic E-state index is 0.201. The Bertz CT molecular complexity index is 554. The first kappa shape index (κ1) is 14.9. The standard InChI is InChI=1S/C14H19BrO3S/c1-10-6-7-12(18-2)11(9-10)14(15)13-5-3-4-8-19(13,16)17/h6-7,9,13-14H,3-5,8H2,1-2H3. The Hall–Kier alpha value is -0.550. The molecule has 106 valence electrons. The van der Waals surface area contributed by atoms with E-state index in [4.69, 9.17) is 4.74 Å². The minimum atomic E-state index is -3.01. The Morgan fingerprint density at radius 1 is 1.37 bits per heavy atom. The van der Waals surface area contributed by atoms with Gasteiger partial charge in [-0.05, 0) is 25.8 Å². The number of rotatable bonds is 3. The van der Waals surface area contributed by atoms with Gasteiger partial charge in [-0.15, -0.1) is 0 Å². The fourth-order valence-corrected chi connectivity index (χ4v) is 6.13. The first-order valence-corrected chi connectivity index (χ1v) is 9.09. The zero-order chi connectivity index (χ0) is 14.0. The second-order valence-corrected chi connectivity index (χ2v) is 8.37. The molecule has 5 heteroatoms. The van der Waals surface area contributed by atoms with Crippen molar-refractivity contribution >= 4 is 25.8 Å². The molecule has 0 bridgehead atoms. The minimum Gasteiger partial charge on any atom is -0.496 e. The Morgan fingerprint density at radius 2 is 2.11 bits per heavy atom. The van der Waals surface area contributed by atoms with Gasteiger partial charge >= 0.3 is 0 Å². The summed E-state index contributed by atoms with van der Waals surface area (Å²) in [5.41, 5.74) is 2.03. The number of sulfone groups is 1. The highest BCUT2D eigenvalue weighted by Gasteiger charge is 2.36. The summed E-state index contributed by atoms with van der Waals surface area (Å²) in [6.07, 6.45) is 2.47. The highest BCUT2D eigenvalue weighted by Crippen LogP contribution is 2.40. The van der Waals surface area contributed by atoms with Crippen LogP contribution in [0.3, 0.4) is 0 Å². The number of aryl methyl sites for hydroxylation is 1. The summed E-state index contributed by atoms with van der Waals surface area (Å²) in [6.45, 7) is 2.00. The predicted molar refractivity (Wildman–Crippen MR) is 80.8 cm³/mol. The number of hydrogen-bond donors (Lipinski definition) is 0. The summed E-state index contributed by atoms with van der Waals surface area (Å²) in [4.78, 5) is -0.201. The van der Waals surface area contributed by atoms with Crippen molar-refractivity contribution in [2.45, 2.75) is 36.3 Å². The van der Waals surface area contributed by atoms with E-state index in [1.54, 1.807) is 7.11 Å². The first-order chi connectivity index (χ1) is 8.95. The summed E-state index contributed by atoms with van der Waals surface area (Å²) in [5, 5.41) is -0.350. The molecule has 1 aromatic rings. The number of methoxy groups -OCH3 is 1. The van der Waals surface area contributed by atoms with Crippen molar-refractivity contribution in [3.8, 4) is 5.75 Å². The van der Waals surface area contributed by atoms with E-state index in [-0.39, 0.29) is 10.1 Å². The number of alkyl halides is 1. The predicted octanol–water partition coefficient (Wildman–Crippen LogP) is 3.41. The van der Waals surface area contributed by atoms with Crippen LogP contribution in [-0.4, -0.2) is 26.5 Å². The van der Waals surface area contributed by atoms with Crippen molar-refractivity contribution in [2.24, 2.45) is 0 Å². The average Bonchev–Trinajstić information content (AvgIpc) is 2.37. The largest absolute Gasteiger partial charge is 0.496 e. The lowest BCUT2D eigenvalue weighted by Crippen LogP contribution is -2.31. The molecule has 0 saturated carbocycles. The van der Waals surface area contributed by atoms with Gasteiger partial charge in [0.05, 0.1) is 22.9 Å². The summed E-state index contributed by atoms with van der Waals surface area (Å²) < 4.78 is 29.8. The van der Waals surface area contributed by atoms with E-state index in [0.717, 1.165) is 36.1 Å². The van der Waals surface area contributed by atoms with Gasteiger partial charge < -0.3 is 4.74 Å². The van der Waals surface area contributed by atoms with Gasteiger partial charge in [0, 0.05) is 5.56 Å². The molecule has 0 spiro atoms. The van der Waals surface area contributed by atoms with E-state index in [2.05, 4.69) is 15.9 Å². The maximum atomic E-state index is 12.2. The molecule has 1 aliphatic heterocycles. The zero-order valence-corrected chi connectivity index (χ0v) is 13.6.